The summed E-state index contributed by atoms with van der Waals surface area (Å²) in [4.78, 5) is 15.8. The van der Waals surface area contributed by atoms with Gasteiger partial charge in [0.25, 0.3) is 5.95 Å². The smallest absolute Gasteiger partial charge is 0.257 e. The summed E-state index contributed by atoms with van der Waals surface area (Å²) in [6.45, 7) is 6.78. The van der Waals surface area contributed by atoms with Gasteiger partial charge in [0, 0.05) is 25.8 Å². The minimum atomic E-state index is 0.564. The zero-order valence-corrected chi connectivity index (χ0v) is 12.6. The zero-order chi connectivity index (χ0) is 14.7. The van der Waals surface area contributed by atoms with Crippen LogP contribution in [-0.4, -0.2) is 44.4 Å². The molecule has 1 N–H and O–H groups in total. The van der Waals surface area contributed by atoms with Crippen molar-refractivity contribution in [3.63, 3.8) is 0 Å². The van der Waals surface area contributed by atoms with Crippen molar-refractivity contribution in [3.05, 3.63) is 18.0 Å². The molecule has 0 atom stereocenters. The summed E-state index contributed by atoms with van der Waals surface area (Å²) < 4.78 is 1.70. The van der Waals surface area contributed by atoms with Gasteiger partial charge in [-0.05, 0) is 39.2 Å². The van der Waals surface area contributed by atoms with Crippen LogP contribution in [0.5, 0.6) is 0 Å². The molecule has 0 aromatic carbocycles. The van der Waals surface area contributed by atoms with Gasteiger partial charge >= 0.3 is 0 Å². The Kier molecular flexibility index (Phi) is 3.98. The molecule has 3 rings (SSSR count). The van der Waals surface area contributed by atoms with E-state index in [-0.39, 0.29) is 0 Å². The van der Waals surface area contributed by atoms with Gasteiger partial charge in [0.05, 0.1) is 5.69 Å². The highest BCUT2D eigenvalue weighted by Crippen LogP contribution is 2.18. The lowest BCUT2D eigenvalue weighted by molar-refractivity contribution is 0.566. The molecule has 0 amide bonds. The number of piperidine rings is 1. The Morgan fingerprint density at radius 2 is 1.86 bits per heavy atom. The predicted molar refractivity (Wildman–Crippen MR) is 81.9 cm³/mol. The van der Waals surface area contributed by atoms with Crippen molar-refractivity contribution in [2.24, 2.45) is 0 Å². The van der Waals surface area contributed by atoms with Crippen molar-refractivity contribution in [1.82, 2.24) is 24.7 Å². The first-order valence-electron chi connectivity index (χ1n) is 7.54. The lowest BCUT2D eigenvalue weighted by Crippen LogP contribution is -2.31. The summed E-state index contributed by atoms with van der Waals surface area (Å²) in [5, 5.41) is 7.56. The van der Waals surface area contributed by atoms with Crippen LogP contribution in [0.2, 0.25) is 0 Å². The molecule has 7 heteroatoms. The maximum absolute atomic E-state index is 4.59. The van der Waals surface area contributed by atoms with Crippen LogP contribution in [0.3, 0.4) is 0 Å². The molecule has 7 nitrogen and oxygen atoms in total. The van der Waals surface area contributed by atoms with Gasteiger partial charge in [0.1, 0.15) is 0 Å². The van der Waals surface area contributed by atoms with E-state index >= 15 is 0 Å². The minimum Gasteiger partial charge on any atom is -0.354 e. The third-order valence-electron chi connectivity index (χ3n) is 3.51. The molecule has 1 aliphatic heterocycles. The number of nitrogens with zero attached hydrogens (tertiary/aromatic N) is 6. The summed E-state index contributed by atoms with van der Waals surface area (Å²) in [5.41, 5.74) is 0.944. The Labute approximate surface area is 124 Å². The van der Waals surface area contributed by atoms with E-state index in [9.17, 15) is 0 Å². The van der Waals surface area contributed by atoms with Gasteiger partial charge in [-0.25, -0.2) is 4.68 Å². The number of nitrogens with one attached hydrogen (secondary N) is 1. The average Bonchev–Trinajstić information content (AvgIpc) is 2.95. The van der Waals surface area contributed by atoms with Crippen molar-refractivity contribution in [1.29, 1.82) is 0 Å². The van der Waals surface area contributed by atoms with Crippen LogP contribution >= 0.6 is 0 Å². The second kappa shape index (κ2) is 6.07. The van der Waals surface area contributed by atoms with Gasteiger partial charge in [0.15, 0.2) is 0 Å². The number of hydrogen-bond donors (Lipinski definition) is 1. The summed E-state index contributed by atoms with van der Waals surface area (Å²) in [6, 6.07) is 1.94. The number of aromatic nitrogens is 5. The Balaban J connectivity index is 1.96. The van der Waals surface area contributed by atoms with Gasteiger partial charge < -0.3 is 10.2 Å². The molecule has 1 fully saturated rings. The molecule has 0 aliphatic carbocycles. The Morgan fingerprint density at radius 1 is 1.10 bits per heavy atom. The van der Waals surface area contributed by atoms with Crippen molar-refractivity contribution >= 4 is 11.9 Å². The van der Waals surface area contributed by atoms with Crippen molar-refractivity contribution in [2.75, 3.05) is 29.9 Å². The first kappa shape index (κ1) is 13.8. The number of hydrogen-bond acceptors (Lipinski definition) is 6. The van der Waals surface area contributed by atoms with Crippen LogP contribution < -0.4 is 10.2 Å². The highest BCUT2D eigenvalue weighted by atomic mass is 15.4. The van der Waals surface area contributed by atoms with E-state index in [0.717, 1.165) is 31.3 Å². The fourth-order valence-corrected chi connectivity index (χ4v) is 2.46. The van der Waals surface area contributed by atoms with E-state index < -0.39 is 0 Å². The molecule has 1 saturated heterocycles. The maximum Gasteiger partial charge on any atom is 0.257 e. The molecule has 1 aliphatic rings. The van der Waals surface area contributed by atoms with E-state index in [4.69, 9.17) is 0 Å². The third kappa shape index (κ3) is 3.12. The molecule has 3 heterocycles. The summed E-state index contributed by atoms with van der Waals surface area (Å²) in [7, 11) is 0. The lowest BCUT2D eigenvalue weighted by atomic mass is 10.1. The van der Waals surface area contributed by atoms with Crippen LogP contribution in [-0.2, 0) is 0 Å². The Morgan fingerprint density at radius 3 is 2.52 bits per heavy atom. The zero-order valence-electron chi connectivity index (χ0n) is 12.6. The highest BCUT2D eigenvalue weighted by Gasteiger charge is 2.17. The molecule has 112 valence electrons. The fourth-order valence-electron chi connectivity index (χ4n) is 2.46. The van der Waals surface area contributed by atoms with E-state index in [1.807, 2.05) is 26.1 Å². The molecular formula is C14H21N7. The third-order valence-corrected chi connectivity index (χ3v) is 3.51. The van der Waals surface area contributed by atoms with E-state index in [0.29, 0.717) is 11.9 Å². The molecule has 0 radical (unpaired) electrons. The SMILES string of the molecule is CCNc1nc(N2CCCCC2)nc(-n2ccc(C)n2)n1. The molecule has 2 aromatic heterocycles. The van der Waals surface area contributed by atoms with E-state index in [1.54, 1.807) is 4.68 Å². The van der Waals surface area contributed by atoms with Crippen LogP contribution in [0.15, 0.2) is 12.3 Å². The number of anilines is 2. The molecule has 0 saturated carbocycles. The average molecular weight is 287 g/mol. The minimum absolute atomic E-state index is 0.564. The first-order valence-corrected chi connectivity index (χ1v) is 7.54. The summed E-state index contributed by atoms with van der Waals surface area (Å²) in [6.07, 6.45) is 5.55. The molecule has 0 unspecified atom stereocenters. The largest absolute Gasteiger partial charge is 0.354 e. The lowest BCUT2D eigenvalue weighted by Gasteiger charge is -2.26. The van der Waals surface area contributed by atoms with Crippen LogP contribution in [0, 0.1) is 6.92 Å². The summed E-state index contributed by atoms with van der Waals surface area (Å²) in [5.74, 6) is 1.91. The predicted octanol–water partition coefficient (Wildman–Crippen LogP) is 1.79. The number of rotatable bonds is 4. The van der Waals surface area contributed by atoms with Crippen molar-refractivity contribution < 1.29 is 0 Å². The molecule has 0 spiro atoms. The molecule has 21 heavy (non-hydrogen) atoms. The molecule has 2 aromatic rings. The maximum atomic E-state index is 4.59. The number of aryl methyl sites for hydroxylation is 1. The van der Waals surface area contributed by atoms with E-state index in [2.05, 4.69) is 30.3 Å². The Bertz CT molecular complexity index is 601. The normalized spacial score (nSPS) is 15.2. The van der Waals surface area contributed by atoms with Crippen molar-refractivity contribution in [3.8, 4) is 5.95 Å². The van der Waals surface area contributed by atoms with Gasteiger partial charge in [-0.3, -0.25) is 0 Å². The van der Waals surface area contributed by atoms with Gasteiger partial charge in [-0.2, -0.15) is 20.1 Å². The summed E-state index contributed by atoms with van der Waals surface area (Å²) >= 11 is 0. The van der Waals surface area contributed by atoms with Crippen molar-refractivity contribution in [2.45, 2.75) is 33.1 Å². The fraction of sp³-hybridized carbons (Fsp3) is 0.571. The second-order valence-corrected chi connectivity index (χ2v) is 5.24. The Hall–Kier alpha value is -2.18. The quantitative estimate of drug-likeness (QED) is 0.924. The van der Waals surface area contributed by atoms with Gasteiger partial charge in [-0.15, -0.1) is 0 Å². The van der Waals surface area contributed by atoms with E-state index in [1.165, 1.54) is 19.3 Å². The molecular weight excluding hydrogens is 266 g/mol. The van der Waals surface area contributed by atoms with Gasteiger partial charge in [0.2, 0.25) is 11.9 Å². The molecule has 0 bridgehead atoms. The van der Waals surface area contributed by atoms with Crippen LogP contribution in [0.4, 0.5) is 11.9 Å². The second-order valence-electron chi connectivity index (χ2n) is 5.24. The monoisotopic (exact) mass is 287 g/mol. The first-order chi connectivity index (χ1) is 10.3. The highest BCUT2D eigenvalue weighted by molar-refractivity contribution is 5.40. The van der Waals surface area contributed by atoms with Crippen LogP contribution in [0.1, 0.15) is 31.9 Å². The topological polar surface area (TPSA) is 71.8 Å². The van der Waals surface area contributed by atoms with Gasteiger partial charge in [-0.1, -0.05) is 0 Å². The van der Waals surface area contributed by atoms with Crippen LogP contribution in [0.25, 0.3) is 5.95 Å². The standard InChI is InChI=1S/C14H21N7/c1-3-15-12-16-13(20-8-5-4-6-9-20)18-14(17-12)21-10-7-11(2)19-21/h7,10H,3-6,8-9H2,1-2H3,(H,15,16,17,18).